The van der Waals surface area contributed by atoms with Crippen LogP contribution >= 0.6 is 0 Å². The molecule has 0 saturated heterocycles. The molecule has 2 aromatic rings. The van der Waals surface area contributed by atoms with Crippen molar-refractivity contribution in [2.24, 2.45) is 7.05 Å². The lowest BCUT2D eigenvalue weighted by Crippen LogP contribution is -2.30. The van der Waals surface area contributed by atoms with E-state index in [1.165, 1.54) is 6.08 Å². The average molecular weight is 313 g/mol. The Bertz CT molecular complexity index is 723. The summed E-state index contributed by atoms with van der Waals surface area (Å²) in [6, 6.07) is 6.80. The Morgan fingerprint density at radius 2 is 2.22 bits per heavy atom. The highest BCUT2D eigenvalue weighted by atomic mass is 16.2. The predicted octanol–water partition coefficient (Wildman–Crippen LogP) is 1.60. The zero-order valence-corrected chi connectivity index (χ0v) is 13.2. The number of aryl methyl sites for hydroxylation is 1. The van der Waals surface area contributed by atoms with Crippen LogP contribution in [0.4, 0.5) is 5.69 Å². The molecule has 0 radical (unpaired) electrons. The maximum atomic E-state index is 12.6. The summed E-state index contributed by atoms with van der Waals surface area (Å²) in [4.78, 5) is 25.7. The van der Waals surface area contributed by atoms with Crippen LogP contribution in [-0.2, 0) is 18.4 Å². The summed E-state index contributed by atoms with van der Waals surface area (Å²) in [6.45, 7) is 6.22. The molecule has 2 rings (SSSR count). The van der Waals surface area contributed by atoms with Gasteiger partial charge in [0.05, 0.1) is 6.54 Å². The third-order valence-corrected chi connectivity index (χ3v) is 3.23. The quantitative estimate of drug-likeness (QED) is 0.822. The van der Waals surface area contributed by atoms with E-state index in [0.717, 1.165) is 5.69 Å². The summed E-state index contributed by atoms with van der Waals surface area (Å²) in [5.74, 6) is -0.450. The van der Waals surface area contributed by atoms with Crippen LogP contribution in [0.5, 0.6) is 0 Å². The van der Waals surface area contributed by atoms with E-state index in [0.29, 0.717) is 24.3 Å². The molecule has 7 heteroatoms. The van der Waals surface area contributed by atoms with E-state index in [2.05, 4.69) is 22.2 Å². The monoisotopic (exact) mass is 313 g/mol. The first-order chi connectivity index (χ1) is 11.0. The van der Waals surface area contributed by atoms with Gasteiger partial charge in [-0.25, -0.2) is 0 Å². The molecule has 1 heterocycles. The van der Waals surface area contributed by atoms with Crippen molar-refractivity contribution < 1.29 is 9.59 Å². The number of nitrogens with one attached hydrogen (secondary N) is 1. The van der Waals surface area contributed by atoms with Crippen LogP contribution in [0.3, 0.4) is 0 Å². The smallest absolute Gasteiger partial charge is 0.254 e. The van der Waals surface area contributed by atoms with Crippen LogP contribution in [0, 0.1) is 0 Å². The number of anilines is 1. The van der Waals surface area contributed by atoms with Crippen molar-refractivity contribution in [2.45, 2.75) is 13.5 Å². The molecule has 120 valence electrons. The molecular weight excluding hydrogens is 294 g/mol. The van der Waals surface area contributed by atoms with Crippen molar-refractivity contribution in [1.82, 2.24) is 19.9 Å². The third-order valence-electron chi connectivity index (χ3n) is 3.23. The second kappa shape index (κ2) is 7.35. The van der Waals surface area contributed by atoms with Gasteiger partial charge in [-0.3, -0.25) is 14.3 Å². The second-order valence-electron chi connectivity index (χ2n) is 4.98. The van der Waals surface area contributed by atoms with E-state index in [1.807, 2.05) is 6.92 Å². The fourth-order valence-corrected chi connectivity index (χ4v) is 2.10. The number of hydrogen-bond donors (Lipinski definition) is 1. The standard InChI is InChI=1S/C16H19N5O2/c1-4-15(22)17-13-8-6-7-12(9-13)16(23)21(5-2)11-14-10-20(3)19-18-14/h4,6-10H,1,5,11H2,2-3H3,(H,17,22). The number of carbonyl (C=O) groups is 2. The SMILES string of the molecule is C=CC(=O)Nc1cccc(C(=O)N(CC)Cc2cn(C)nn2)c1. The summed E-state index contributed by atoms with van der Waals surface area (Å²) in [7, 11) is 1.78. The fraction of sp³-hybridized carbons (Fsp3) is 0.250. The minimum Gasteiger partial charge on any atom is -0.333 e. The summed E-state index contributed by atoms with van der Waals surface area (Å²) >= 11 is 0. The van der Waals surface area contributed by atoms with Crippen LogP contribution in [-0.4, -0.2) is 38.3 Å². The minimum atomic E-state index is -0.318. The van der Waals surface area contributed by atoms with Crippen molar-refractivity contribution in [1.29, 1.82) is 0 Å². The van der Waals surface area contributed by atoms with E-state index in [1.54, 1.807) is 47.1 Å². The van der Waals surface area contributed by atoms with E-state index < -0.39 is 0 Å². The third kappa shape index (κ3) is 4.26. The number of nitrogens with zero attached hydrogens (tertiary/aromatic N) is 4. The Kier molecular flexibility index (Phi) is 5.24. The lowest BCUT2D eigenvalue weighted by molar-refractivity contribution is -0.111. The second-order valence-corrected chi connectivity index (χ2v) is 4.98. The lowest BCUT2D eigenvalue weighted by Gasteiger charge is -2.20. The number of amides is 2. The zero-order valence-electron chi connectivity index (χ0n) is 13.2. The van der Waals surface area contributed by atoms with Gasteiger partial charge >= 0.3 is 0 Å². The average Bonchev–Trinajstić information content (AvgIpc) is 2.97. The Morgan fingerprint density at radius 1 is 1.43 bits per heavy atom. The van der Waals surface area contributed by atoms with Crippen molar-refractivity contribution in [2.75, 3.05) is 11.9 Å². The molecule has 0 aliphatic heterocycles. The van der Waals surface area contributed by atoms with Crippen molar-refractivity contribution in [3.05, 3.63) is 54.4 Å². The summed E-state index contributed by atoms with van der Waals surface area (Å²) in [6.07, 6.45) is 2.96. The zero-order chi connectivity index (χ0) is 16.8. The van der Waals surface area contributed by atoms with Crippen LogP contribution < -0.4 is 5.32 Å². The molecule has 1 N–H and O–H groups in total. The van der Waals surface area contributed by atoms with Gasteiger partial charge < -0.3 is 10.2 Å². The first kappa shape index (κ1) is 16.4. The topological polar surface area (TPSA) is 80.1 Å². The Balaban J connectivity index is 2.15. The predicted molar refractivity (Wildman–Crippen MR) is 86.7 cm³/mol. The molecule has 0 fully saturated rings. The van der Waals surface area contributed by atoms with Crippen molar-refractivity contribution >= 4 is 17.5 Å². The number of benzene rings is 1. The number of aromatic nitrogens is 3. The maximum Gasteiger partial charge on any atom is 0.254 e. The van der Waals surface area contributed by atoms with Crippen LogP contribution in [0.25, 0.3) is 0 Å². The van der Waals surface area contributed by atoms with Gasteiger partial charge in [0.25, 0.3) is 5.91 Å². The minimum absolute atomic E-state index is 0.132. The van der Waals surface area contributed by atoms with Gasteiger partial charge in [0.15, 0.2) is 0 Å². The molecule has 0 bridgehead atoms. The number of hydrogen-bond acceptors (Lipinski definition) is 4. The summed E-state index contributed by atoms with van der Waals surface area (Å²) < 4.78 is 1.60. The van der Waals surface area contributed by atoms with Gasteiger partial charge in [-0.05, 0) is 31.2 Å². The van der Waals surface area contributed by atoms with E-state index in [4.69, 9.17) is 0 Å². The van der Waals surface area contributed by atoms with Crippen molar-refractivity contribution in [3.63, 3.8) is 0 Å². The van der Waals surface area contributed by atoms with Gasteiger partial charge in [-0.2, -0.15) is 0 Å². The Morgan fingerprint density at radius 3 is 2.83 bits per heavy atom. The highest BCUT2D eigenvalue weighted by Gasteiger charge is 2.16. The van der Waals surface area contributed by atoms with Crippen LogP contribution in [0.1, 0.15) is 23.0 Å². The summed E-state index contributed by atoms with van der Waals surface area (Å²) in [5.41, 5.74) is 1.77. The van der Waals surface area contributed by atoms with Gasteiger partial charge in [-0.1, -0.05) is 17.9 Å². The first-order valence-corrected chi connectivity index (χ1v) is 7.21. The van der Waals surface area contributed by atoms with Gasteiger partial charge in [0.2, 0.25) is 5.91 Å². The molecule has 0 aliphatic carbocycles. The van der Waals surface area contributed by atoms with Gasteiger partial charge in [0, 0.05) is 31.0 Å². The highest BCUT2D eigenvalue weighted by molar-refractivity contribution is 6.00. The van der Waals surface area contributed by atoms with Gasteiger partial charge in [-0.15, -0.1) is 5.10 Å². The van der Waals surface area contributed by atoms with Crippen LogP contribution in [0.15, 0.2) is 43.1 Å². The maximum absolute atomic E-state index is 12.6. The normalized spacial score (nSPS) is 10.2. The number of carbonyl (C=O) groups excluding carboxylic acids is 2. The highest BCUT2D eigenvalue weighted by Crippen LogP contribution is 2.14. The van der Waals surface area contributed by atoms with Gasteiger partial charge in [0.1, 0.15) is 5.69 Å². The Hall–Kier alpha value is -2.96. The van der Waals surface area contributed by atoms with Crippen LogP contribution in [0.2, 0.25) is 0 Å². The lowest BCUT2D eigenvalue weighted by atomic mass is 10.1. The molecular formula is C16H19N5O2. The largest absolute Gasteiger partial charge is 0.333 e. The molecule has 1 aromatic heterocycles. The number of rotatable bonds is 6. The van der Waals surface area contributed by atoms with Crippen molar-refractivity contribution in [3.8, 4) is 0 Å². The van der Waals surface area contributed by atoms with E-state index in [9.17, 15) is 9.59 Å². The molecule has 2 amide bonds. The molecule has 0 saturated carbocycles. The first-order valence-electron chi connectivity index (χ1n) is 7.21. The molecule has 1 aromatic carbocycles. The van der Waals surface area contributed by atoms with E-state index >= 15 is 0 Å². The van der Waals surface area contributed by atoms with E-state index in [-0.39, 0.29) is 11.8 Å². The molecule has 23 heavy (non-hydrogen) atoms. The molecule has 7 nitrogen and oxygen atoms in total. The molecule has 0 aliphatic rings. The molecule has 0 atom stereocenters. The molecule has 0 unspecified atom stereocenters. The molecule has 0 spiro atoms. The summed E-state index contributed by atoms with van der Waals surface area (Å²) in [5, 5.41) is 10.5. The Labute approximate surface area is 134 Å². The fourth-order valence-electron chi connectivity index (χ4n) is 2.10.